The lowest BCUT2D eigenvalue weighted by molar-refractivity contribution is -0.139. The van der Waals surface area contributed by atoms with Crippen LogP contribution in [0.15, 0.2) is 24.4 Å². The summed E-state index contributed by atoms with van der Waals surface area (Å²) in [4.78, 5) is 17.4. The quantitative estimate of drug-likeness (QED) is 0.862. The summed E-state index contributed by atoms with van der Waals surface area (Å²) in [6.45, 7) is 4.67. The topological polar surface area (TPSA) is 53.4 Å². The van der Waals surface area contributed by atoms with Crippen LogP contribution in [-0.2, 0) is 11.3 Å². The van der Waals surface area contributed by atoms with E-state index in [0.717, 1.165) is 31.7 Å². The Kier molecular flexibility index (Phi) is 3.43. The van der Waals surface area contributed by atoms with Crippen LogP contribution in [0.1, 0.15) is 25.5 Å². The number of likely N-dealkylation sites (tertiary alicyclic amines) is 1. The minimum atomic E-state index is -0.702. The van der Waals surface area contributed by atoms with E-state index in [4.69, 9.17) is 5.11 Å². The van der Waals surface area contributed by atoms with Gasteiger partial charge in [0.25, 0.3) is 0 Å². The molecule has 1 atom stereocenters. The number of carboxylic acid groups (broad SMARTS) is 1. The van der Waals surface area contributed by atoms with Crippen molar-refractivity contribution in [2.24, 2.45) is 5.41 Å². The minimum Gasteiger partial charge on any atom is -0.481 e. The summed E-state index contributed by atoms with van der Waals surface area (Å²) in [7, 11) is 0. The van der Waals surface area contributed by atoms with Crippen LogP contribution in [0.2, 0.25) is 0 Å². The summed E-state index contributed by atoms with van der Waals surface area (Å²) < 4.78 is 0. The predicted octanol–water partition coefficient (Wildman–Crippen LogP) is 1.77. The molecule has 1 aromatic rings. The van der Waals surface area contributed by atoms with Crippen LogP contribution in [0.4, 0.5) is 0 Å². The molecule has 1 fully saturated rings. The van der Waals surface area contributed by atoms with Gasteiger partial charge in [-0.15, -0.1) is 0 Å². The van der Waals surface area contributed by atoms with Crippen molar-refractivity contribution in [2.75, 3.05) is 13.1 Å². The van der Waals surface area contributed by atoms with Gasteiger partial charge in [-0.05, 0) is 30.5 Å². The molecule has 4 nitrogen and oxygen atoms in total. The molecule has 1 aromatic heterocycles. The van der Waals surface area contributed by atoms with Gasteiger partial charge in [0.05, 0.1) is 12.1 Å². The molecule has 1 aliphatic heterocycles. The SMILES string of the molecule is CC1(CC(=O)O)CCN(Cc2ccccn2)C1. The number of pyridine rings is 1. The lowest BCUT2D eigenvalue weighted by Crippen LogP contribution is -2.27. The summed E-state index contributed by atoms with van der Waals surface area (Å²) in [5.74, 6) is -0.702. The third kappa shape index (κ3) is 3.27. The Morgan fingerprint density at radius 1 is 1.59 bits per heavy atom. The molecular formula is C13H18N2O2. The summed E-state index contributed by atoms with van der Waals surface area (Å²) >= 11 is 0. The number of hydrogen-bond donors (Lipinski definition) is 1. The molecule has 2 rings (SSSR count). The second-order valence-corrected chi connectivity index (χ2v) is 5.16. The maximum atomic E-state index is 10.8. The van der Waals surface area contributed by atoms with Crippen molar-refractivity contribution in [3.8, 4) is 0 Å². The normalized spacial score (nSPS) is 25.0. The molecule has 0 amide bonds. The lowest BCUT2D eigenvalue weighted by Gasteiger charge is -2.22. The Morgan fingerprint density at radius 3 is 3.06 bits per heavy atom. The highest BCUT2D eigenvalue weighted by Crippen LogP contribution is 2.33. The van der Waals surface area contributed by atoms with E-state index in [1.807, 2.05) is 18.2 Å². The second kappa shape index (κ2) is 4.84. The van der Waals surface area contributed by atoms with Gasteiger partial charge in [-0.1, -0.05) is 13.0 Å². The van der Waals surface area contributed by atoms with Crippen molar-refractivity contribution in [1.82, 2.24) is 9.88 Å². The van der Waals surface area contributed by atoms with Gasteiger partial charge in [0.15, 0.2) is 0 Å². The average molecular weight is 234 g/mol. The van der Waals surface area contributed by atoms with Crippen LogP contribution >= 0.6 is 0 Å². The molecule has 1 unspecified atom stereocenters. The van der Waals surface area contributed by atoms with E-state index in [9.17, 15) is 4.79 Å². The minimum absolute atomic E-state index is 0.0827. The Morgan fingerprint density at radius 2 is 2.41 bits per heavy atom. The molecule has 0 radical (unpaired) electrons. The van der Waals surface area contributed by atoms with Crippen LogP contribution in [-0.4, -0.2) is 34.0 Å². The molecule has 0 spiro atoms. The van der Waals surface area contributed by atoms with Crippen molar-refractivity contribution < 1.29 is 9.90 Å². The molecule has 4 heteroatoms. The number of hydrogen-bond acceptors (Lipinski definition) is 3. The van der Waals surface area contributed by atoms with Crippen molar-refractivity contribution in [2.45, 2.75) is 26.3 Å². The summed E-state index contributed by atoms with van der Waals surface area (Å²) in [6, 6.07) is 5.89. The van der Waals surface area contributed by atoms with Gasteiger partial charge in [0, 0.05) is 19.3 Å². The van der Waals surface area contributed by atoms with E-state index in [2.05, 4.69) is 16.8 Å². The Balaban J connectivity index is 1.92. The second-order valence-electron chi connectivity index (χ2n) is 5.16. The van der Waals surface area contributed by atoms with E-state index in [1.165, 1.54) is 0 Å². The first-order chi connectivity index (χ1) is 8.07. The zero-order valence-electron chi connectivity index (χ0n) is 10.1. The highest BCUT2D eigenvalue weighted by Gasteiger charge is 2.35. The van der Waals surface area contributed by atoms with Crippen LogP contribution in [0.3, 0.4) is 0 Å². The Hall–Kier alpha value is -1.42. The largest absolute Gasteiger partial charge is 0.481 e. The molecule has 0 aromatic carbocycles. The molecule has 92 valence electrons. The number of aromatic nitrogens is 1. The fourth-order valence-corrected chi connectivity index (χ4v) is 2.49. The third-order valence-corrected chi connectivity index (χ3v) is 3.33. The van der Waals surface area contributed by atoms with Gasteiger partial charge in [-0.25, -0.2) is 0 Å². The van der Waals surface area contributed by atoms with E-state index < -0.39 is 5.97 Å². The van der Waals surface area contributed by atoms with E-state index in [-0.39, 0.29) is 11.8 Å². The standard InChI is InChI=1S/C13H18N2O2/c1-13(8-12(16)17)5-7-15(10-13)9-11-4-2-3-6-14-11/h2-4,6H,5,7-10H2,1H3,(H,16,17). The zero-order valence-corrected chi connectivity index (χ0v) is 10.1. The number of rotatable bonds is 4. The first kappa shape index (κ1) is 12.0. The summed E-state index contributed by atoms with van der Waals surface area (Å²) in [5, 5.41) is 8.88. The van der Waals surface area contributed by atoms with E-state index in [1.54, 1.807) is 6.20 Å². The first-order valence-corrected chi connectivity index (χ1v) is 5.91. The first-order valence-electron chi connectivity index (χ1n) is 5.91. The highest BCUT2D eigenvalue weighted by molar-refractivity contribution is 5.67. The molecule has 2 heterocycles. The van der Waals surface area contributed by atoms with Crippen LogP contribution < -0.4 is 0 Å². The van der Waals surface area contributed by atoms with Gasteiger partial charge in [-0.3, -0.25) is 14.7 Å². The lowest BCUT2D eigenvalue weighted by atomic mass is 9.86. The fraction of sp³-hybridized carbons (Fsp3) is 0.538. The third-order valence-electron chi connectivity index (χ3n) is 3.33. The monoisotopic (exact) mass is 234 g/mol. The van der Waals surface area contributed by atoms with Crippen molar-refractivity contribution in [1.29, 1.82) is 0 Å². The van der Waals surface area contributed by atoms with Gasteiger partial charge in [0.2, 0.25) is 0 Å². The van der Waals surface area contributed by atoms with Gasteiger partial charge in [0.1, 0.15) is 0 Å². The smallest absolute Gasteiger partial charge is 0.303 e. The molecule has 1 saturated heterocycles. The molecule has 1 aliphatic rings. The maximum Gasteiger partial charge on any atom is 0.303 e. The number of carboxylic acids is 1. The van der Waals surface area contributed by atoms with Crippen LogP contribution in [0.5, 0.6) is 0 Å². The fourth-order valence-electron chi connectivity index (χ4n) is 2.49. The summed E-state index contributed by atoms with van der Waals surface area (Å²) in [5.41, 5.74) is 0.965. The molecule has 0 bridgehead atoms. The Labute approximate surface area is 101 Å². The number of nitrogens with zero attached hydrogens (tertiary/aromatic N) is 2. The molecular weight excluding hydrogens is 216 g/mol. The average Bonchev–Trinajstić information content (AvgIpc) is 2.60. The summed E-state index contributed by atoms with van der Waals surface area (Å²) in [6.07, 6.45) is 3.00. The maximum absolute atomic E-state index is 10.8. The van der Waals surface area contributed by atoms with Crippen LogP contribution in [0.25, 0.3) is 0 Å². The molecule has 0 saturated carbocycles. The van der Waals surface area contributed by atoms with Crippen molar-refractivity contribution in [3.05, 3.63) is 30.1 Å². The van der Waals surface area contributed by atoms with Crippen molar-refractivity contribution >= 4 is 5.97 Å². The van der Waals surface area contributed by atoms with Gasteiger partial charge >= 0.3 is 5.97 Å². The number of carbonyl (C=O) groups is 1. The van der Waals surface area contributed by atoms with E-state index >= 15 is 0 Å². The predicted molar refractivity (Wildman–Crippen MR) is 64.5 cm³/mol. The van der Waals surface area contributed by atoms with Crippen molar-refractivity contribution in [3.63, 3.8) is 0 Å². The molecule has 0 aliphatic carbocycles. The van der Waals surface area contributed by atoms with Gasteiger partial charge < -0.3 is 5.11 Å². The molecule has 17 heavy (non-hydrogen) atoms. The van der Waals surface area contributed by atoms with E-state index in [0.29, 0.717) is 0 Å². The zero-order chi connectivity index (χ0) is 12.3. The number of aliphatic carboxylic acids is 1. The molecule has 1 N–H and O–H groups in total. The highest BCUT2D eigenvalue weighted by atomic mass is 16.4. The van der Waals surface area contributed by atoms with Gasteiger partial charge in [-0.2, -0.15) is 0 Å². The Bertz CT molecular complexity index is 394. The van der Waals surface area contributed by atoms with Crippen LogP contribution in [0, 0.1) is 5.41 Å².